The number of cyclic esters (lactones) is 1. The van der Waals surface area contributed by atoms with E-state index in [2.05, 4.69) is 33.9 Å². The first-order valence-corrected chi connectivity index (χ1v) is 15.2. The molecule has 3 rings (SSSR count). The van der Waals surface area contributed by atoms with Crippen molar-refractivity contribution in [1.82, 2.24) is 4.90 Å². The number of aliphatic hydroxyl groups is 1. The fourth-order valence-electron chi connectivity index (χ4n) is 4.39. The van der Waals surface area contributed by atoms with E-state index in [1.54, 1.807) is 20.8 Å². The second-order valence-electron chi connectivity index (χ2n) is 11.9. The molecule has 196 valence electrons. The monoisotopic (exact) mass is 507 g/mol. The highest BCUT2D eigenvalue weighted by Crippen LogP contribution is 2.42. The molecule has 0 saturated carbocycles. The molecule has 2 amide bonds. The average molecular weight is 508 g/mol. The summed E-state index contributed by atoms with van der Waals surface area (Å²) >= 11 is 0. The van der Waals surface area contributed by atoms with Crippen molar-refractivity contribution in [3.8, 4) is 0 Å². The first-order chi connectivity index (χ1) is 16.0. The summed E-state index contributed by atoms with van der Waals surface area (Å²) in [5.41, 5.74) is -0.0768. The van der Waals surface area contributed by atoms with Crippen molar-refractivity contribution in [1.29, 1.82) is 0 Å². The highest BCUT2D eigenvalue weighted by molar-refractivity contribution is 6.74. The lowest BCUT2D eigenvalue weighted by Gasteiger charge is -2.40. The van der Waals surface area contributed by atoms with Crippen LogP contribution in [0.25, 0.3) is 0 Å². The van der Waals surface area contributed by atoms with Gasteiger partial charge in [-0.1, -0.05) is 51.1 Å². The van der Waals surface area contributed by atoms with Gasteiger partial charge in [-0.25, -0.2) is 9.69 Å². The summed E-state index contributed by atoms with van der Waals surface area (Å²) in [5.74, 6) is -1.61. The number of imide groups is 1. The van der Waals surface area contributed by atoms with Gasteiger partial charge in [-0.2, -0.15) is 0 Å². The number of amides is 2. The van der Waals surface area contributed by atoms with E-state index >= 15 is 0 Å². The molecule has 1 aromatic carbocycles. The van der Waals surface area contributed by atoms with Crippen LogP contribution in [0.15, 0.2) is 30.3 Å². The van der Waals surface area contributed by atoms with E-state index in [0.717, 1.165) is 10.5 Å². The fourth-order valence-corrected chi connectivity index (χ4v) is 5.47. The van der Waals surface area contributed by atoms with Crippen molar-refractivity contribution in [2.24, 2.45) is 0 Å². The Labute approximate surface area is 210 Å². The molecular weight excluding hydrogens is 466 g/mol. The Morgan fingerprint density at radius 3 is 2.37 bits per heavy atom. The average Bonchev–Trinajstić information content (AvgIpc) is 3.17. The third-order valence-corrected chi connectivity index (χ3v) is 11.9. The summed E-state index contributed by atoms with van der Waals surface area (Å²) in [4.78, 5) is 26.8. The van der Waals surface area contributed by atoms with Crippen LogP contribution >= 0.6 is 0 Å². The van der Waals surface area contributed by atoms with Crippen molar-refractivity contribution in [2.75, 3.05) is 6.61 Å². The molecule has 0 radical (unpaired) electrons. The number of carbonyl (C=O) groups is 2. The lowest BCUT2D eigenvalue weighted by atomic mass is 9.94. The lowest BCUT2D eigenvalue weighted by molar-refractivity contribution is -0.166. The van der Waals surface area contributed by atoms with Gasteiger partial charge in [0.05, 0.1) is 18.8 Å². The maximum Gasteiger partial charge on any atom is 0.417 e. The van der Waals surface area contributed by atoms with Gasteiger partial charge in [0.1, 0.15) is 17.8 Å². The van der Waals surface area contributed by atoms with Crippen LogP contribution in [-0.2, 0) is 23.4 Å². The zero-order valence-corrected chi connectivity index (χ0v) is 23.5. The molecular formula is C26H41NO7Si. The Bertz CT molecular complexity index is 929. The first-order valence-electron chi connectivity index (χ1n) is 12.3. The summed E-state index contributed by atoms with van der Waals surface area (Å²) in [6.07, 6.45) is -3.46. The van der Waals surface area contributed by atoms with Crippen LogP contribution < -0.4 is 0 Å². The van der Waals surface area contributed by atoms with Crippen LogP contribution in [-0.4, -0.2) is 66.6 Å². The van der Waals surface area contributed by atoms with Crippen molar-refractivity contribution in [3.05, 3.63) is 35.9 Å². The third kappa shape index (κ3) is 5.80. The Kier molecular flexibility index (Phi) is 7.62. The molecule has 2 saturated heterocycles. The Balaban J connectivity index is 1.72. The molecule has 0 bridgehead atoms. The van der Waals surface area contributed by atoms with E-state index in [-0.39, 0.29) is 18.1 Å². The number of hydrogen-bond acceptors (Lipinski definition) is 7. The zero-order chi connectivity index (χ0) is 26.4. The van der Waals surface area contributed by atoms with E-state index in [1.807, 2.05) is 37.3 Å². The van der Waals surface area contributed by atoms with E-state index in [4.69, 9.17) is 18.6 Å². The number of aliphatic hydroxyl groups excluding tert-OH is 1. The van der Waals surface area contributed by atoms with Crippen LogP contribution in [0.3, 0.4) is 0 Å². The van der Waals surface area contributed by atoms with E-state index in [1.165, 1.54) is 0 Å². The molecule has 9 heteroatoms. The quantitative estimate of drug-likeness (QED) is 0.531. The van der Waals surface area contributed by atoms with Crippen LogP contribution in [0.2, 0.25) is 18.1 Å². The predicted octanol–water partition coefficient (Wildman–Crippen LogP) is 4.78. The molecule has 0 spiro atoms. The molecule has 35 heavy (non-hydrogen) atoms. The van der Waals surface area contributed by atoms with Gasteiger partial charge < -0.3 is 23.7 Å². The van der Waals surface area contributed by atoms with Crippen LogP contribution in [0, 0.1) is 0 Å². The SMILES string of the molecule is C[C@H]1[C@@H](c2ccccc2)OC(=O)N1C(=O)[C@@H](O)C[C@H]1OC(C)(C)O[C@]1(C)CO[Si](C)(C)C(C)(C)C. The van der Waals surface area contributed by atoms with Crippen LogP contribution in [0.4, 0.5) is 4.79 Å². The maximum absolute atomic E-state index is 13.2. The molecule has 8 nitrogen and oxygen atoms in total. The van der Waals surface area contributed by atoms with Gasteiger partial charge in [-0.15, -0.1) is 0 Å². The number of hydrogen-bond donors (Lipinski definition) is 1. The van der Waals surface area contributed by atoms with Gasteiger partial charge in [0, 0.05) is 6.42 Å². The molecule has 2 fully saturated rings. The van der Waals surface area contributed by atoms with Gasteiger partial charge in [0.15, 0.2) is 14.1 Å². The molecule has 1 N–H and O–H groups in total. The molecule has 5 atom stereocenters. The largest absolute Gasteiger partial charge is 0.439 e. The van der Waals surface area contributed by atoms with E-state index < -0.39 is 56.1 Å². The molecule has 0 aromatic heterocycles. The van der Waals surface area contributed by atoms with Crippen LogP contribution in [0.5, 0.6) is 0 Å². The standard InChI is InChI=1S/C26H41NO7Si/c1-17-21(18-13-11-10-12-14-18)32-23(30)27(17)22(29)19(28)15-20-26(7,34-25(5,6)33-20)16-31-35(8,9)24(2,3)4/h10-14,17,19-21,28H,15-16H2,1-9H3/t17-,19-,20+,21-,26+/m0/s1. The molecule has 2 aliphatic rings. The van der Waals surface area contributed by atoms with Gasteiger partial charge in [0.25, 0.3) is 5.91 Å². The fraction of sp³-hybridized carbons (Fsp3) is 0.692. The Morgan fingerprint density at radius 1 is 1.20 bits per heavy atom. The second kappa shape index (κ2) is 9.59. The van der Waals surface area contributed by atoms with Crippen molar-refractivity contribution in [2.45, 2.75) is 109 Å². The Morgan fingerprint density at radius 2 is 1.80 bits per heavy atom. The van der Waals surface area contributed by atoms with Gasteiger partial charge >= 0.3 is 6.09 Å². The molecule has 0 aliphatic carbocycles. The first kappa shape index (κ1) is 27.8. The number of carbonyl (C=O) groups excluding carboxylic acids is 2. The topological polar surface area (TPSA) is 94.5 Å². The zero-order valence-electron chi connectivity index (χ0n) is 22.5. The minimum atomic E-state index is -2.07. The third-order valence-electron chi connectivity index (χ3n) is 7.47. The van der Waals surface area contributed by atoms with E-state index in [0.29, 0.717) is 0 Å². The highest BCUT2D eigenvalue weighted by atomic mass is 28.4. The second-order valence-corrected chi connectivity index (χ2v) is 16.7. The van der Waals surface area contributed by atoms with Gasteiger partial charge in [0.2, 0.25) is 0 Å². The number of nitrogens with zero attached hydrogens (tertiary/aromatic N) is 1. The summed E-state index contributed by atoms with van der Waals surface area (Å²) in [6, 6.07) is 8.70. The molecule has 2 heterocycles. The smallest absolute Gasteiger partial charge is 0.417 e. The van der Waals surface area contributed by atoms with Crippen LogP contribution in [0.1, 0.15) is 66.6 Å². The van der Waals surface area contributed by atoms with Crippen molar-refractivity contribution < 1.29 is 33.3 Å². The summed E-state index contributed by atoms with van der Waals surface area (Å²) in [7, 11) is -2.07. The number of rotatable bonds is 7. The summed E-state index contributed by atoms with van der Waals surface area (Å²) in [5, 5.41) is 10.9. The number of benzene rings is 1. The van der Waals surface area contributed by atoms with E-state index in [9.17, 15) is 14.7 Å². The Hall–Kier alpha value is -1.78. The van der Waals surface area contributed by atoms with Crippen molar-refractivity contribution in [3.63, 3.8) is 0 Å². The minimum absolute atomic E-state index is 0.0187. The predicted molar refractivity (Wildman–Crippen MR) is 134 cm³/mol. The molecule has 1 aromatic rings. The van der Waals surface area contributed by atoms with Gasteiger partial charge in [-0.05, 0) is 51.4 Å². The highest BCUT2D eigenvalue weighted by Gasteiger charge is 2.54. The lowest BCUT2D eigenvalue weighted by Crippen LogP contribution is -2.51. The minimum Gasteiger partial charge on any atom is -0.439 e. The number of ether oxygens (including phenoxy) is 3. The maximum atomic E-state index is 13.2. The molecule has 2 aliphatic heterocycles. The van der Waals surface area contributed by atoms with Crippen molar-refractivity contribution >= 4 is 20.3 Å². The molecule has 0 unspecified atom stereocenters. The normalized spacial score (nSPS) is 29.8. The summed E-state index contributed by atoms with van der Waals surface area (Å²) < 4.78 is 24.2. The summed E-state index contributed by atoms with van der Waals surface area (Å²) in [6.45, 7) is 18.3. The van der Waals surface area contributed by atoms with Gasteiger partial charge in [-0.3, -0.25) is 4.79 Å².